The molecule has 2 aromatic rings. The van der Waals surface area contributed by atoms with Gasteiger partial charge < -0.3 is 20.3 Å². The Kier molecular flexibility index (Phi) is 5.37. The summed E-state index contributed by atoms with van der Waals surface area (Å²) in [5.74, 6) is 0. The maximum atomic E-state index is 12.3. The molecule has 2 aromatic carbocycles. The van der Waals surface area contributed by atoms with Crippen molar-refractivity contribution in [3.63, 3.8) is 0 Å². The number of carbonyl (C=O) groups is 1. The molecule has 6 heteroatoms. The van der Waals surface area contributed by atoms with Gasteiger partial charge in [0.25, 0.3) is 0 Å². The smallest absolute Gasteiger partial charge is 0.323 e. The lowest BCUT2D eigenvalue weighted by atomic mass is 10.2. The molecule has 0 bridgehead atoms. The van der Waals surface area contributed by atoms with Gasteiger partial charge in [-0.25, -0.2) is 4.79 Å². The first-order valence-electron chi connectivity index (χ1n) is 7.89. The van der Waals surface area contributed by atoms with E-state index in [0.717, 1.165) is 40.2 Å². The van der Waals surface area contributed by atoms with Crippen LogP contribution in [0, 0.1) is 6.92 Å². The van der Waals surface area contributed by atoms with E-state index in [1.165, 1.54) is 0 Å². The van der Waals surface area contributed by atoms with E-state index < -0.39 is 0 Å². The molecule has 2 amide bonds. The molecule has 0 aliphatic carbocycles. The Labute approximate surface area is 150 Å². The van der Waals surface area contributed by atoms with Crippen LogP contribution >= 0.6 is 15.9 Å². The first kappa shape index (κ1) is 16.8. The molecule has 1 aliphatic heterocycles. The van der Waals surface area contributed by atoms with Gasteiger partial charge >= 0.3 is 6.03 Å². The summed E-state index contributed by atoms with van der Waals surface area (Å²) in [6, 6.07) is 13.3. The minimum Gasteiger partial charge on any atom is -0.378 e. The van der Waals surface area contributed by atoms with E-state index in [-0.39, 0.29) is 6.03 Å². The van der Waals surface area contributed by atoms with Gasteiger partial charge in [0.1, 0.15) is 0 Å². The van der Waals surface area contributed by atoms with Crippen LogP contribution in [0.25, 0.3) is 0 Å². The number of nitrogens with zero attached hydrogens (tertiary/aromatic N) is 1. The minimum absolute atomic E-state index is 0.258. The van der Waals surface area contributed by atoms with Crippen LogP contribution in [-0.2, 0) is 4.74 Å². The Balaban J connectivity index is 1.71. The summed E-state index contributed by atoms with van der Waals surface area (Å²) in [6.45, 7) is 5.07. The van der Waals surface area contributed by atoms with Crippen molar-refractivity contribution in [1.82, 2.24) is 0 Å². The van der Waals surface area contributed by atoms with E-state index in [4.69, 9.17) is 4.74 Å². The Bertz CT molecular complexity index is 730. The van der Waals surface area contributed by atoms with Crippen LogP contribution in [0.15, 0.2) is 46.9 Å². The Morgan fingerprint density at radius 2 is 1.88 bits per heavy atom. The highest BCUT2D eigenvalue weighted by Gasteiger charge is 2.15. The van der Waals surface area contributed by atoms with E-state index in [9.17, 15) is 4.79 Å². The van der Waals surface area contributed by atoms with Crippen LogP contribution in [0.4, 0.5) is 21.9 Å². The largest absolute Gasteiger partial charge is 0.378 e. The number of hydrogen-bond donors (Lipinski definition) is 2. The molecule has 0 saturated carbocycles. The lowest BCUT2D eigenvalue weighted by Gasteiger charge is -2.30. The number of nitrogens with one attached hydrogen (secondary N) is 2. The lowest BCUT2D eigenvalue weighted by molar-refractivity contribution is 0.123. The zero-order chi connectivity index (χ0) is 16.9. The highest BCUT2D eigenvalue weighted by molar-refractivity contribution is 9.10. The van der Waals surface area contributed by atoms with Gasteiger partial charge in [0.05, 0.1) is 24.6 Å². The van der Waals surface area contributed by atoms with Crippen molar-refractivity contribution in [2.24, 2.45) is 0 Å². The maximum Gasteiger partial charge on any atom is 0.323 e. The third kappa shape index (κ3) is 4.07. The van der Waals surface area contributed by atoms with Crippen LogP contribution in [0.1, 0.15) is 5.56 Å². The first-order chi connectivity index (χ1) is 11.6. The highest BCUT2D eigenvalue weighted by atomic mass is 79.9. The number of aryl methyl sites for hydroxylation is 1. The molecule has 1 fully saturated rings. The van der Waals surface area contributed by atoms with Crippen LogP contribution < -0.4 is 15.5 Å². The van der Waals surface area contributed by atoms with E-state index in [1.807, 2.05) is 49.4 Å². The van der Waals surface area contributed by atoms with Gasteiger partial charge in [-0.3, -0.25) is 0 Å². The normalized spacial score (nSPS) is 14.3. The third-order valence-corrected chi connectivity index (χ3v) is 4.79. The Morgan fingerprint density at radius 1 is 1.12 bits per heavy atom. The van der Waals surface area contributed by atoms with E-state index in [2.05, 4.69) is 31.5 Å². The molecule has 2 N–H and O–H groups in total. The first-order valence-corrected chi connectivity index (χ1v) is 8.68. The average molecular weight is 390 g/mol. The van der Waals surface area contributed by atoms with Crippen molar-refractivity contribution >= 4 is 39.0 Å². The molecule has 1 aliphatic rings. The predicted molar refractivity (Wildman–Crippen MR) is 101 cm³/mol. The fraction of sp³-hybridized carbons (Fsp3) is 0.278. The second-order valence-corrected chi connectivity index (χ2v) is 6.51. The van der Waals surface area contributed by atoms with Crippen LogP contribution in [-0.4, -0.2) is 32.3 Å². The highest BCUT2D eigenvalue weighted by Crippen LogP contribution is 2.27. The second kappa shape index (κ2) is 7.68. The SMILES string of the molecule is Cc1ccc(NC(=O)Nc2ccccc2N2CCOCC2)cc1Br. The number of anilines is 3. The van der Waals surface area contributed by atoms with Crippen molar-refractivity contribution in [2.45, 2.75) is 6.92 Å². The number of urea groups is 1. The van der Waals surface area contributed by atoms with Gasteiger partial charge in [-0.15, -0.1) is 0 Å². The van der Waals surface area contributed by atoms with Gasteiger partial charge in [0.2, 0.25) is 0 Å². The predicted octanol–water partition coefficient (Wildman–Crippen LogP) is 4.24. The number of amides is 2. The number of ether oxygens (including phenoxy) is 1. The number of benzene rings is 2. The topological polar surface area (TPSA) is 53.6 Å². The molecule has 1 heterocycles. The summed E-state index contributed by atoms with van der Waals surface area (Å²) in [5, 5.41) is 5.81. The van der Waals surface area contributed by atoms with E-state index >= 15 is 0 Å². The number of halogens is 1. The zero-order valence-corrected chi connectivity index (χ0v) is 15.1. The van der Waals surface area contributed by atoms with Crippen molar-refractivity contribution in [3.8, 4) is 0 Å². The maximum absolute atomic E-state index is 12.3. The van der Waals surface area contributed by atoms with Gasteiger partial charge in [-0.1, -0.05) is 34.1 Å². The molecule has 1 saturated heterocycles. The quantitative estimate of drug-likeness (QED) is 0.825. The van der Waals surface area contributed by atoms with Gasteiger partial charge in [-0.05, 0) is 36.8 Å². The third-order valence-electron chi connectivity index (χ3n) is 3.93. The molecule has 0 aromatic heterocycles. The van der Waals surface area contributed by atoms with E-state index in [0.29, 0.717) is 13.2 Å². The lowest BCUT2D eigenvalue weighted by Crippen LogP contribution is -2.37. The molecule has 0 spiro atoms. The molecule has 24 heavy (non-hydrogen) atoms. The van der Waals surface area contributed by atoms with E-state index in [1.54, 1.807) is 0 Å². The molecule has 0 radical (unpaired) electrons. The number of carbonyl (C=O) groups excluding carboxylic acids is 1. The fourth-order valence-corrected chi connectivity index (χ4v) is 2.99. The monoisotopic (exact) mass is 389 g/mol. The van der Waals surface area contributed by atoms with Gasteiger partial charge in [-0.2, -0.15) is 0 Å². The number of para-hydroxylation sites is 2. The second-order valence-electron chi connectivity index (χ2n) is 5.66. The summed E-state index contributed by atoms with van der Waals surface area (Å²) >= 11 is 3.48. The summed E-state index contributed by atoms with van der Waals surface area (Å²) < 4.78 is 6.36. The summed E-state index contributed by atoms with van der Waals surface area (Å²) in [5.41, 5.74) is 3.68. The Morgan fingerprint density at radius 3 is 2.62 bits per heavy atom. The molecule has 5 nitrogen and oxygen atoms in total. The molecule has 3 rings (SSSR count). The molecule has 126 valence electrons. The van der Waals surface area contributed by atoms with Gasteiger partial charge in [0, 0.05) is 23.2 Å². The standard InChI is InChI=1S/C18H20BrN3O2/c1-13-6-7-14(12-15(13)19)20-18(23)21-16-4-2-3-5-17(16)22-8-10-24-11-9-22/h2-7,12H,8-11H2,1H3,(H2,20,21,23). The fourth-order valence-electron chi connectivity index (χ4n) is 2.61. The van der Waals surface area contributed by atoms with Crippen LogP contribution in [0.2, 0.25) is 0 Å². The summed E-state index contributed by atoms with van der Waals surface area (Å²) in [6.07, 6.45) is 0. The molecule has 0 atom stereocenters. The number of hydrogen-bond acceptors (Lipinski definition) is 3. The van der Waals surface area contributed by atoms with Crippen molar-refractivity contribution < 1.29 is 9.53 Å². The Hall–Kier alpha value is -2.05. The van der Waals surface area contributed by atoms with Crippen molar-refractivity contribution in [2.75, 3.05) is 41.8 Å². The molecule has 0 unspecified atom stereocenters. The van der Waals surface area contributed by atoms with Crippen molar-refractivity contribution in [3.05, 3.63) is 52.5 Å². The molecular weight excluding hydrogens is 370 g/mol. The number of morpholine rings is 1. The van der Waals surface area contributed by atoms with Crippen LogP contribution in [0.3, 0.4) is 0 Å². The summed E-state index contributed by atoms with van der Waals surface area (Å²) in [4.78, 5) is 14.6. The zero-order valence-electron chi connectivity index (χ0n) is 13.5. The average Bonchev–Trinajstić information content (AvgIpc) is 2.59. The minimum atomic E-state index is -0.258. The van der Waals surface area contributed by atoms with Gasteiger partial charge in [0.15, 0.2) is 0 Å². The van der Waals surface area contributed by atoms with Crippen molar-refractivity contribution in [1.29, 1.82) is 0 Å². The molecular formula is C18H20BrN3O2. The summed E-state index contributed by atoms with van der Waals surface area (Å²) in [7, 11) is 0. The van der Waals surface area contributed by atoms with Crippen LogP contribution in [0.5, 0.6) is 0 Å². The number of rotatable bonds is 3.